The molecule has 3 amide bonds. The van der Waals surface area contributed by atoms with Crippen molar-refractivity contribution in [2.24, 2.45) is 5.92 Å². The smallest absolute Gasteiger partial charge is 0.319 e. The first kappa shape index (κ1) is 20.0. The molecule has 6 nitrogen and oxygen atoms in total. The molecule has 0 heterocycles. The number of hydrogen-bond acceptors (Lipinski definition) is 3. The van der Waals surface area contributed by atoms with Crippen LogP contribution in [0.15, 0.2) is 18.2 Å². The largest absolute Gasteiger partial charge is 0.376 e. The van der Waals surface area contributed by atoms with Crippen LogP contribution in [-0.4, -0.2) is 37.2 Å². The molecule has 0 bridgehead atoms. The van der Waals surface area contributed by atoms with Crippen LogP contribution in [0.25, 0.3) is 0 Å². The molecule has 148 valence electrons. The molecule has 0 aliphatic heterocycles. The molecule has 27 heavy (non-hydrogen) atoms. The lowest BCUT2D eigenvalue weighted by atomic mass is 9.88. The summed E-state index contributed by atoms with van der Waals surface area (Å²) in [7, 11) is 0. The normalized spacial score (nSPS) is 22.1. The highest BCUT2D eigenvalue weighted by Gasteiger charge is 2.25. The summed E-state index contributed by atoms with van der Waals surface area (Å²) in [4.78, 5) is 24.1. The topological polar surface area (TPSA) is 79.5 Å². The van der Waals surface area contributed by atoms with Crippen molar-refractivity contribution in [1.29, 1.82) is 0 Å². The maximum absolute atomic E-state index is 12.1. The third kappa shape index (κ3) is 6.11. The summed E-state index contributed by atoms with van der Waals surface area (Å²) in [5, 5.41) is 8.73. The van der Waals surface area contributed by atoms with Crippen molar-refractivity contribution in [2.75, 3.05) is 18.5 Å². The number of amides is 3. The van der Waals surface area contributed by atoms with E-state index in [9.17, 15) is 9.59 Å². The van der Waals surface area contributed by atoms with Crippen LogP contribution in [0.3, 0.4) is 0 Å². The van der Waals surface area contributed by atoms with Crippen LogP contribution >= 0.6 is 11.6 Å². The molecule has 0 saturated heterocycles. The average molecular weight is 394 g/mol. The van der Waals surface area contributed by atoms with E-state index in [2.05, 4.69) is 22.9 Å². The van der Waals surface area contributed by atoms with E-state index in [1.165, 1.54) is 19.3 Å². The fraction of sp³-hybridized carbons (Fsp3) is 0.600. The van der Waals surface area contributed by atoms with Crippen molar-refractivity contribution in [3.63, 3.8) is 0 Å². The number of benzene rings is 1. The fourth-order valence-electron chi connectivity index (χ4n) is 3.35. The van der Waals surface area contributed by atoms with Crippen molar-refractivity contribution in [3.8, 4) is 0 Å². The number of halogens is 1. The minimum absolute atomic E-state index is 0.174. The van der Waals surface area contributed by atoms with E-state index in [-0.39, 0.29) is 18.0 Å². The van der Waals surface area contributed by atoms with Crippen LogP contribution in [0.1, 0.15) is 55.8 Å². The van der Waals surface area contributed by atoms with Gasteiger partial charge in [0.15, 0.2) is 0 Å². The minimum atomic E-state index is -0.318. The highest BCUT2D eigenvalue weighted by atomic mass is 35.5. The van der Waals surface area contributed by atoms with E-state index < -0.39 is 0 Å². The zero-order valence-corrected chi connectivity index (χ0v) is 16.5. The molecule has 0 spiro atoms. The maximum Gasteiger partial charge on any atom is 0.319 e. The van der Waals surface area contributed by atoms with Crippen molar-refractivity contribution in [1.82, 2.24) is 10.6 Å². The molecule has 2 aliphatic rings. The number of ether oxygens (including phenoxy) is 1. The molecule has 1 aromatic carbocycles. The Bertz CT molecular complexity index is 678. The molecule has 2 unspecified atom stereocenters. The Morgan fingerprint density at radius 1 is 1.19 bits per heavy atom. The van der Waals surface area contributed by atoms with Crippen molar-refractivity contribution in [3.05, 3.63) is 28.8 Å². The van der Waals surface area contributed by atoms with Gasteiger partial charge in [0.25, 0.3) is 5.91 Å². The van der Waals surface area contributed by atoms with Gasteiger partial charge in [-0.3, -0.25) is 4.79 Å². The SMILES string of the molecule is CC1CCCCC1OCCNC(=O)Nc1ccc(C(=O)NC2CC2)c(Cl)c1. The van der Waals surface area contributed by atoms with E-state index in [4.69, 9.17) is 16.3 Å². The zero-order valence-electron chi connectivity index (χ0n) is 15.7. The molecule has 2 atom stereocenters. The number of urea groups is 1. The summed E-state index contributed by atoms with van der Waals surface area (Å²) >= 11 is 6.19. The van der Waals surface area contributed by atoms with Crippen LogP contribution in [0, 0.1) is 5.92 Å². The fourth-order valence-corrected chi connectivity index (χ4v) is 3.61. The van der Waals surface area contributed by atoms with E-state index in [1.807, 2.05) is 0 Å². The van der Waals surface area contributed by atoms with E-state index in [1.54, 1.807) is 18.2 Å². The standard InChI is InChI=1S/C20H28ClN3O3/c1-13-4-2-3-5-18(13)27-11-10-22-20(26)24-15-8-9-16(17(21)12-15)19(25)23-14-6-7-14/h8-9,12-14,18H,2-7,10-11H2,1H3,(H,23,25)(H2,22,24,26). The molecule has 0 radical (unpaired) electrons. The number of nitrogens with one attached hydrogen (secondary N) is 3. The monoisotopic (exact) mass is 393 g/mol. The summed E-state index contributed by atoms with van der Waals surface area (Å²) < 4.78 is 5.89. The second kappa shape index (κ2) is 9.42. The first-order valence-corrected chi connectivity index (χ1v) is 10.2. The third-order valence-electron chi connectivity index (χ3n) is 5.14. The van der Waals surface area contributed by atoms with Crippen LogP contribution in [0.5, 0.6) is 0 Å². The molecule has 2 saturated carbocycles. The summed E-state index contributed by atoms with van der Waals surface area (Å²) in [5.41, 5.74) is 0.965. The Morgan fingerprint density at radius 2 is 1.96 bits per heavy atom. The van der Waals surface area contributed by atoms with Crippen LogP contribution in [-0.2, 0) is 4.74 Å². The van der Waals surface area contributed by atoms with Gasteiger partial charge in [-0.15, -0.1) is 0 Å². The number of carbonyl (C=O) groups is 2. The molecular weight excluding hydrogens is 366 g/mol. The van der Waals surface area contributed by atoms with Gasteiger partial charge in [0, 0.05) is 18.3 Å². The van der Waals surface area contributed by atoms with Crippen molar-refractivity contribution < 1.29 is 14.3 Å². The molecule has 3 rings (SSSR count). The van der Waals surface area contributed by atoms with Crippen molar-refractivity contribution in [2.45, 2.75) is 57.6 Å². The number of hydrogen-bond donors (Lipinski definition) is 3. The predicted molar refractivity (Wildman–Crippen MR) is 106 cm³/mol. The van der Waals surface area contributed by atoms with Crippen LogP contribution < -0.4 is 16.0 Å². The lowest BCUT2D eigenvalue weighted by Gasteiger charge is -2.28. The molecule has 3 N–H and O–H groups in total. The van der Waals surface area contributed by atoms with E-state index in [0.717, 1.165) is 19.3 Å². The highest BCUT2D eigenvalue weighted by Crippen LogP contribution is 2.26. The van der Waals surface area contributed by atoms with Gasteiger partial charge in [-0.1, -0.05) is 31.4 Å². The van der Waals surface area contributed by atoms with Crippen LogP contribution in [0.2, 0.25) is 5.02 Å². The maximum atomic E-state index is 12.1. The first-order chi connectivity index (χ1) is 13.0. The lowest BCUT2D eigenvalue weighted by Crippen LogP contribution is -2.34. The summed E-state index contributed by atoms with van der Waals surface area (Å²) in [6.07, 6.45) is 7.17. The second-order valence-electron chi connectivity index (χ2n) is 7.49. The van der Waals surface area contributed by atoms with Gasteiger partial charge >= 0.3 is 6.03 Å². The van der Waals surface area contributed by atoms with E-state index >= 15 is 0 Å². The van der Waals surface area contributed by atoms with Gasteiger partial charge < -0.3 is 20.7 Å². The Balaban J connectivity index is 1.39. The Morgan fingerprint density at radius 3 is 2.67 bits per heavy atom. The molecular formula is C20H28ClN3O3. The highest BCUT2D eigenvalue weighted by molar-refractivity contribution is 6.34. The summed E-state index contributed by atoms with van der Waals surface area (Å²) in [6, 6.07) is 4.84. The van der Waals surface area contributed by atoms with Crippen LogP contribution in [0.4, 0.5) is 10.5 Å². The molecule has 1 aromatic rings. The Kier molecular flexibility index (Phi) is 6.96. The average Bonchev–Trinajstić information content (AvgIpc) is 3.44. The molecule has 0 aromatic heterocycles. The van der Waals surface area contributed by atoms with Gasteiger partial charge in [0.2, 0.25) is 0 Å². The minimum Gasteiger partial charge on any atom is -0.376 e. The zero-order chi connectivity index (χ0) is 19.2. The van der Waals surface area contributed by atoms with Gasteiger partial charge in [-0.25, -0.2) is 4.79 Å². The van der Waals surface area contributed by atoms with Gasteiger partial charge in [-0.05, 0) is 49.8 Å². The molecule has 2 fully saturated rings. The first-order valence-electron chi connectivity index (χ1n) is 9.80. The summed E-state index contributed by atoms with van der Waals surface area (Å²) in [5.74, 6) is 0.415. The lowest BCUT2D eigenvalue weighted by molar-refractivity contribution is -0.00232. The number of rotatable bonds is 7. The van der Waals surface area contributed by atoms with Gasteiger partial charge in [-0.2, -0.15) is 0 Å². The quantitative estimate of drug-likeness (QED) is 0.613. The second-order valence-corrected chi connectivity index (χ2v) is 7.90. The summed E-state index contributed by atoms with van der Waals surface area (Å²) in [6.45, 7) is 3.18. The third-order valence-corrected chi connectivity index (χ3v) is 5.45. The van der Waals surface area contributed by atoms with Gasteiger partial charge in [0.1, 0.15) is 0 Å². The van der Waals surface area contributed by atoms with Gasteiger partial charge in [0.05, 0.1) is 23.3 Å². The number of anilines is 1. The Labute approximate surface area is 165 Å². The Hall–Kier alpha value is -1.79. The molecule has 7 heteroatoms. The van der Waals surface area contributed by atoms with E-state index in [0.29, 0.717) is 41.4 Å². The van der Waals surface area contributed by atoms with Crippen molar-refractivity contribution >= 4 is 29.2 Å². The predicted octanol–water partition coefficient (Wildman–Crippen LogP) is 3.95. The number of carbonyl (C=O) groups excluding carboxylic acids is 2. The molecule has 2 aliphatic carbocycles.